The van der Waals surface area contributed by atoms with Crippen LogP contribution in [-0.2, 0) is 19.6 Å². The Bertz CT molecular complexity index is 869. The normalized spacial score (nSPS) is 14.0. The maximum atomic E-state index is 12.2. The molecule has 3 N–H and O–H groups in total. The molecule has 0 bridgehead atoms. The zero-order valence-electron chi connectivity index (χ0n) is 16.5. The van der Waals surface area contributed by atoms with Crippen LogP contribution in [0.2, 0.25) is 0 Å². The van der Waals surface area contributed by atoms with Crippen molar-refractivity contribution in [3.05, 3.63) is 29.3 Å². The van der Waals surface area contributed by atoms with Crippen LogP contribution < -0.4 is 0 Å². The first-order valence-corrected chi connectivity index (χ1v) is 10.6. The molecule has 13 heteroatoms. The lowest BCUT2D eigenvalue weighted by Gasteiger charge is -2.13. The van der Waals surface area contributed by atoms with Gasteiger partial charge in [-0.25, -0.2) is 9.59 Å². The molecule has 1 aromatic carbocycles. The predicted octanol–water partition coefficient (Wildman–Crippen LogP) is 2.11. The predicted molar refractivity (Wildman–Crippen MR) is 99.0 cm³/mol. The summed E-state index contributed by atoms with van der Waals surface area (Å²) in [4.78, 5) is 23.4. The lowest BCUT2D eigenvalue weighted by atomic mass is 10.1. The Kier molecular flexibility index (Phi) is 9.87. The monoisotopic (exact) mass is 472 g/mol. The molecule has 0 heterocycles. The van der Waals surface area contributed by atoms with Crippen molar-refractivity contribution >= 4 is 22.1 Å². The molecule has 2 atom stereocenters. The Morgan fingerprint density at radius 3 is 1.81 bits per heavy atom. The van der Waals surface area contributed by atoms with Crippen molar-refractivity contribution in [1.82, 2.24) is 0 Å². The van der Waals surface area contributed by atoms with Crippen molar-refractivity contribution in [2.75, 3.05) is 13.2 Å². The number of hydrogen-bond donors (Lipinski definition) is 3. The van der Waals surface area contributed by atoms with Crippen LogP contribution in [0.25, 0.3) is 0 Å². The van der Waals surface area contributed by atoms with E-state index in [1.54, 1.807) is 6.92 Å². The average Bonchev–Trinajstić information content (AvgIpc) is 2.65. The van der Waals surface area contributed by atoms with Gasteiger partial charge in [-0.1, -0.05) is 6.92 Å². The fourth-order valence-electron chi connectivity index (χ4n) is 2.30. The number of carbonyl (C=O) groups is 2. The lowest BCUT2D eigenvalue weighted by molar-refractivity contribution is -0.154. The summed E-state index contributed by atoms with van der Waals surface area (Å²) in [6.07, 6.45) is -8.60. The first kappa shape index (κ1) is 26.8. The van der Waals surface area contributed by atoms with Crippen LogP contribution in [0.3, 0.4) is 0 Å². The van der Waals surface area contributed by atoms with E-state index >= 15 is 0 Å². The van der Waals surface area contributed by atoms with Crippen LogP contribution >= 0.6 is 0 Å². The second-order valence-electron chi connectivity index (χ2n) is 6.61. The minimum absolute atomic E-state index is 0.120. The Labute approximate surface area is 176 Å². The van der Waals surface area contributed by atoms with Crippen molar-refractivity contribution in [2.45, 2.75) is 55.9 Å². The van der Waals surface area contributed by atoms with E-state index in [4.69, 9.17) is 9.47 Å². The molecule has 0 aliphatic carbocycles. The van der Waals surface area contributed by atoms with Crippen molar-refractivity contribution in [1.29, 1.82) is 0 Å². The molecule has 1 aromatic rings. The van der Waals surface area contributed by atoms with Gasteiger partial charge in [-0.05, 0) is 24.6 Å². The number of rotatable bonds is 11. The largest absolute Gasteiger partial charge is 0.462 e. The third-order valence-corrected chi connectivity index (χ3v) is 4.81. The van der Waals surface area contributed by atoms with E-state index in [0.29, 0.717) is 12.5 Å². The number of esters is 2. The molecule has 0 saturated heterocycles. The van der Waals surface area contributed by atoms with Crippen LogP contribution in [-0.4, -0.2) is 66.7 Å². The van der Waals surface area contributed by atoms with Crippen molar-refractivity contribution < 1.29 is 55.4 Å². The molecule has 0 aromatic heterocycles. The van der Waals surface area contributed by atoms with Gasteiger partial charge in [0.1, 0.15) is 0 Å². The third kappa shape index (κ3) is 10.1. The lowest BCUT2D eigenvalue weighted by Crippen LogP contribution is -2.21. The van der Waals surface area contributed by atoms with Crippen LogP contribution in [0.15, 0.2) is 23.1 Å². The Morgan fingerprint density at radius 1 is 0.968 bits per heavy atom. The summed E-state index contributed by atoms with van der Waals surface area (Å²) in [5.41, 5.74) is -0.897. The fourth-order valence-corrected chi connectivity index (χ4v) is 2.85. The van der Waals surface area contributed by atoms with E-state index in [2.05, 4.69) is 0 Å². The Hall–Kier alpha value is -2.22. The van der Waals surface area contributed by atoms with Crippen molar-refractivity contribution in [3.63, 3.8) is 0 Å². The van der Waals surface area contributed by atoms with Crippen LogP contribution in [0, 0.1) is 0 Å². The third-order valence-electron chi connectivity index (χ3n) is 3.98. The highest BCUT2D eigenvalue weighted by Crippen LogP contribution is 2.23. The van der Waals surface area contributed by atoms with Gasteiger partial charge in [0.15, 0.2) is 0 Å². The number of ether oxygens (including phenoxy) is 2. The molecule has 31 heavy (non-hydrogen) atoms. The van der Waals surface area contributed by atoms with Gasteiger partial charge in [-0.3, -0.25) is 4.55 Å². The summed E-state index contributed by atoms with van der Waals surface area (Å²) in [5, 5.41) is 18.7. The molecule has 2 unspecified atom stereocenters. The summed E-state index contributed by atoms with van der Waals surface area (Å²) < 4.78 is 78.3. The van der Waals surface area contributed by atoms with E-state index in [-0.39, 0.29) is 13.0 Å². The van der Waals surface area contributed by atoms with E-state index in [9.17, 15) is 45.9 Å². The first-order chi connectivity index (χ1) is 14.2. The van der Waals surface area contributed by atoms with Gasteiger partial charge in [0.05, 0.1) is 47.9 Å². The molecule has 0 spiro atoms. The van der Waals surface area contributed by atoms with Crippen LogP contribution in [0.5, 0.6) is 0 Å². The maximum Gasteiger partial charge on any atom is 0.391 e. The van der Waals surface area contributed by atoms with Crippen LogP contribution in [0.4, 0.5) is 13.2 Å². The van der Waals surface area contributed by atoms with E-state index < -0.39 is 75.9 Å². The van der Waals surface area contributed by atoms with Gasteiger partial charge in [0.2, 0.25) is 0 Å². The number of carbonyl (C=O) groups excluding carboxylic acids is 2. The summed E-state index contributed by atoms with van der Waals surface area (Å²) in [5.74, 6) is -2.23. The van der Waals surface area contributed by atoms with E-state index in [1.165, 1.54) is 0 Å². The minimum atomic E-state index is -4.83. The van der Waals surface area contributed by atoms with Gasteiger partial charge in [0.25, 0.3) is 10.1 Å². The zero-order valence-corrected chi connectivity index (χ0v) is 17.3. The molecular weight excluding hydrogens is 449 g/mol. The van der Waals surface area contributed by atoms with Gasteiger partial charge in [0, 0.05) is 12.8 Å². The molecule has 0 aliphatic heterocycles. The van der Waals surface area contributed by atoms with Gasteiger partial charge >= 0.3 is 18.1 Å². The highest BCUT2D eigenvalue weighted by Gasteiger charge is 2.31. The molecule has 0 aliphatic rings. The summed E-state index contributed by atoms with van der Waals surface area (Å²) in [6, 6.07) is 2.39. The van der Waals surface area contributed by atoms with Crippen LogP contribution in [0.1, 0.15) is 53.3 Å². The quantitative estimate of drug-likeness (QED) is 0.325. The zero-order chi connectivity index (χ0) is 23.8. The molecule has 176 valence electrons. The topological polar surface area (TPSA) is 147 Å². The summed E-state index contributed by atoms with van der Waals surface area (Å²) in [6.45, 7) is 0.907. The van der Waals surface area contributed by atoms with Crippen molar-refractivity contribution in [3.8, 4) is 0 Å². The number of halogens is 3. The van der Waals surface area contributed by atoms with Crippen molar-refractivity contribution in [2.24, 2.45) is 0 Å². The minimum Gasteiger partial charge on any atom is -0.462 e. The smallest absolute Gasteiger partial charge is 0.391 e. The fraction of sp³-hybridized carbons (Fsp3) is 0.556. The summed E-state index contributed by atoms with van der Waals surface area (Å²) >= 11 is 0. The highest BCUT2D eigenvalue weighted by atomic mass is 32.2. The molecular formula is C18H23F3O9S. The van der Waals surface area contributed by atoms with E-state index in [1.807, 2.05) is 0 Å². The summed E-state index contributed by atoms with van der Waals surface area (Å²) in [7, 11) is -4.83. The highest BCUT2D eigenvalue weighted by molar-refractivity contribution is 7.85. The molecule has 0 fully saturated rings. The number of alkyl halides is 3. The molecule has 0 saturated carbocycles. The molecule has 1 rings (SSSR count). The van der Waals surface area contributed by atoms with Gasteiger partial charge in [-0.15, -0.1) is 0 Å². The number of aliphatic hydroxyl groups is 2. The number of aliphatic hydroxyl groups excluding tert-OH is 2. The molecule has 0 radical (unpaired) electrons. The number of hydrogen-bond acceptors (Lipinski definition) is 8. The molecule has 0 amide bonds. The second-order valence-corrected chi connectivity index (χ2v) is 8.03. The first-order valence-electron chi connectivity index (χ1n) is 9.12. The van der Waals surface area contributed by atoms with Gasteiger partial charge in [-0.2, -0.15) is 21.6 Å². The average molecular weight is 472 g/mol. The standard InChI is InChI=1S/C18H23F3O9S/c1-2-13(22)3-5-29-16(24)11-7-12(9-15(8-11)31(26,27)28)17(25)30-6-4-14(23)10-18(19,20)21/h7-9,13-14,22-23H,2-6,10H2,1H3,(H,26,27,28). The Balaban J connectivity index is 2.90. The Morgan fingerprint density at radius 2 is 1.42 bits per heavy atom. The van der Waals surface area contributed by atoms with E-state index in [0.717, 1.165) is 12.1 Å². The molecule has 9 nitrogen and oxygen atoms in total. The number of benzene rings is 1. The second kappa shape index (κ2) is 11.4. The SMILES string of the molecule is CCC(O)CCOC(=O)c1cc(C(=O)OCCC(O)CC(F)(F)F)cc(S(=O)(=O)O)c1. The maximum absolute atomic E-state index is 12.2. The van der Waals surface area contributed by atoms with Gasteiger partial charge < -0.3 is 19.7 Å².